The highest BCUT2D eigenvalue weighted by atomic mass is 79.9. The average molecular weight is 297 g/mol. The molecule has 2 rings (SSSR count). The number of carboxylic acid groups (broad SMARTS) is 1. The smallest absolute Gasteiger partial charge is 0.314 e. The van der Waals surface area contributed by atoms with Crippen molar-refractivity contribution in [1.29, 1.82) is 0 Å². The standard InChI is InChI=1S/C14H17BrO2/c1-10-6-8-14(9-7-10,13(16)17)11-4-2-3-5-12(11)15/h2-5,10H,6-9H2,1H3,(H,16,17). The van der Waals surface area contributed by atoms with E-state index in [0.29, 0.717) is 5.92 Å². The lowest BCUT2D eigenvalue weighted by Crippen LogP contribution is -2.39. The third kappa shape index (κ3) is 2.25. The molecule has 0 amide bonds. The molecular formula is C14H17BrO2. The lowest BCUT2D eigenvalue weighted by Gasteiger charge is -2.36. The quantitative estimate of drug-likeness (QED) is 0.896. The molecule has 0 radical (unpaired) electrons. The predicted octanol–water partition coefficient (Wildman–Crippen LogP) is 3.98. The minimum Gasteiger partial charge on any atom is -0.481 e. The van der Waals surface area contributed by atoms with Crippen LogP contribution in [-0.4, -0.2) is 11.1 Å². The maximum Gasteiger partial charge on any atom is 0.314 e. The SMILES string of the molecule is CC1CCC(C(=O)O)(c2ccccc2Br)CC1. The fourth-order valence-corrected chi connectivity index (χ4v) is 3.37. The molecule has 1 aromatic rings. The van der Waals surface area contributed by atoms with Gasteiger partial charge in [0.15, 0.2) is 0 Å². The number of hydrogen-bond acceptors (Lipinski definition) is 1. The summed E-state index contributed by atoms with van der Waals surface area (Å²) in [5.74, 6) is -0.0405. The second-order valence-corrected chi connectivity index (χ2v) is 5.90. The van der Waals surface area contributed by atoms with Gasteiger partial charge in [0, 0.05) is 4.47 Å². The molecule has 1 fully saturated rings. The molecular weight excluding hydrogens is 280 g/mol. The van der Waals surface area contributed by atoms with Crippen molar-refractivity contribution >= 4 is 21.9 Å². The van der Waals surface area contributed by atoms with Crippen LogP contribution >= 0.6 is 15.9 Å². The Morgan fingerprint density at radius 2 is 1.94 bits per heavy atom. The molecule has 1 aromatic carbocycles. The molecule has 1 aliphatic rings. The van der Waals surface area contributed by atoms with Crippen molar-refractivity contribution in [3.8, 4) is 0 Å². The zero-order chi connectivity index (χ0) is 12.5. The van der Waals surface area contributed by atoms with Gasteiger partial charge in [0.2, 0.25) is 0 Å². The molecule has 0 heterocycles. The molecule has 92 valence electrons. The van der Waals surface area contributed by atoms with Gasteiger partial charge in [0.05, 0.1) is 5.41 Å². The fraction of sp³-hybridized carbons (Fsp3) is 0.500. The van der Waals surface area contributed by atoms with Gasteiger partial charge in [-0.2, -0.15) is 0 Å². The Morgan fingerprint density at radius 3 is 2.47 bits per heavy atom. The minimum absolute atomic E-state index is 0.643. The summed E-state index contributed by atoms with van der Waals surface area (Å²) in [6, 6.07) is 7.71. The summed E-state index contributed by atoms with van der Waals surface area (Å²) in [7, 11) is 0. The van der Waals surface area contributed by atoms with Crippen LogP contribution in [0.2, 0.25) is 0 Å². The molecule has 0 saturated heterocycles. The highest BCUT2D eigenvalue weighted by molar-refractivity contribution is 9.10. The summed E-state index contributed by atoms with van der Waals surface area (Å²) in [4.78, 5) is 11.7. The highest BCUT2D eigenvalue weighted by Gasteiger charge is 2.43. The number of hydrogen-bond donors (Lipinski definition) is 1. The maximum absolute atomic E-state index is 11.7. The van der Waals surface area contributed by atoms with Gasteiger partial charge in [-0.15, -0.1) is 0 Å². The van der Waals surface area contributed by atoms with Crippen molar-refractivity contribution in [3.05, 3.63) is 34.3 Å². The molecule has 1 saturated carbocycles. The summed E-state index contributed by atoms with van der Waals surface area (Å²) in [6.07, 6.45) is 3.47. The van der Waals surface area contributed by atoms with Gasteiger partial charge >= 0.3 is 5.97 Å². The molecule has 0 bridgehead atoms. The Kier molecular flexibility index (Phi) is 3.57. The number of carbonyl (C=O) groups is 1. The van der Waals surface area contributed by atoms with Crippen LogP contribution in [0.4, 0.5) is 0 Å². The van der Waals surface area contributed by atoms with Gasteiger partial charge in [0.25, 0.3) is 0 Å². The summed E-state index contributed by atoms with van der Waals surface area (Å²) < 4.78 is 0.914. The van der Waals surface area contributed by atoms with E-state index in [9.17, 15) is 9.90 Å². The summed E-state index contributed by atoms with van der Waals surface area (Å²) in [6.45, 7) is 2.20. The first-order valence-corrected chi connectivity index (χ1v) is 6.84. The van der Waals surface area contributed by atoms with Crippen LogP contribution in [0.1, 0.15) is 38.2 Å². The Balaban J connectivity index is 2.42. The van der Waals surface area contributed by atoms with Crippen LogP contribution in [0.15, 0.2) is 28.7 Å². The molecule has 1 aliphatic carbocycles. The van der Waals surface area contributed by atoms with Crippen LogP contribution < -0.4 is 0 Å². The van der Waals surface area contributed by atoms with E-state index in [1.165, 1.54) is 0 Å². The Labute approximate surface area is 110 Å². The number of carboxylic acids is 1. The maximum atomic E-state index is 11.7. The summed E-state index contributed by atoms with van der Waals surface area (Å²) in [5, 5.41) is 9.63. The van der Waals surface area contributed by atoms with Crippen molar-refractivity contribution in [1.82, 2.24) is 0 Å². The third-order valence-corrected chi connectivity index (χ3v) is 4.62. The summed E-state index contributed by atoms with van der Waals surface area (Å²) >= 11 is 3.49. The zero-order valence-electron chi connectivity index (χ0n) is 9.95. The Morgan fingerprint density at radius 1 is 1.35 bits per heavy atom. The number of aliphatic carboxylic acids is 1. The summed E-state index contributed by atoms with van der Waals surface area (Å²) in [5.41, 5.74) is 0.242. The van der Waals surface area contributed by atoms with E-state index in [4.69, 9.17) is 0 Å². The van der Waals surface area contributed by atoms with Gasteiger partial charge < -0.3 is 5.11 Å². The van der Waals surface area contributed by atoms with E-state index < -0.39 is 11.4 Å². The number of rotatable bonds is 2. The van der Waals surface area contributed by atoms with Crippen molar-refractivity contribution < 1.29 is 9.90 Å². The first kappa shape index (κ1) is 12.6. The third-order valence-electron chi connectivity index (χ3n) is 3.93. The Hall–Kier alpha value is -0.830. The monoisotopic (exact) mass is 296 g/mol. The van der Waals surface area contributed by atoms with Gasteiger partial charge in [-0.1, -0.05) is 41.1 Å². The molecule has 0 aromatic heterocycles. The minimum atomic E-state index is -0.688. The molecule has 17 heavy (non-hydrogen) atoms. The molecule has 2 nitrogen and oxygen atoms in total. The lowest BCUT2D eigenvalue weighted by atomic mass is 9.67. The Bertz CT molecular complexity index is 420. The largest absolute Gasteiger partial charge is 0.481 e. The van der Waals surface area contributed by atoms with Crippen LogP contribution in [0.5, 0.6) is 0 Å². The fourth-order valence-electron chi connectivity index (χ4n) is 2.70. The average Bonchev–Trinajstić information content (AvgIpc) is 2.31. The number of halogens is 1. The van der Waals surface area contributed by atoms with E-state index in [0.717, 1.165) is 35.7 Å². The van der Waals surface area contributed by atoms with Gasteiger partial charge in [-0.05, 0) is 43.2 Å². The molecule has 3 heteroatoms. The topological polar surface area (TPSA) is 37.3 Å². The molecule has 0 atom stereocenters. The molecule has 0 unspecified atom stereocenters. The number of benzene rings is 1. The highest BCUT2D eigenvalue weighted by Crippen LogP contribution is 2.44. The normalized spacial score (nSPS) is 28.9. The van der Waals surface area contributed by atoms with E-state index in [1.807, 2.05) is 24.3 Å². The zero-order valence-corrected chi connectivity index (χ0v) is 11.5. The van der Waals surface area contributed by atoms with Gasteiger partial charge in [0.1, 0.15) is 0 Å². The molecule has 0 spiro atoms. The van der Waals surface area contributed by atoms with Crippen LogP contribution in [0, 0.1) is 5.92 Å². The van der Waals surface area contributed by atoms with Crippen LogP contribution in [0.25, 0.3) is 0 Å². The van der Waals surface area contributed by atoms with E-state index in [-0.39, 0.29) is 0 Å². The first-order chi connectivity index (χ1) is 8.06. The van der Waals surface area contributed by atoms with E-state index in [2.05, 4.69) is 22.9 Å². The molecule has 1 N–H and O–H groups in total. The van der Waals surface area contributed by atoms with Crippen LogP contribution in [0.3, 0.4) is 0 Å². The van der Waals surface area contributed by atoms with Crippen molar-refractivity contribution in [2.75, 3.05) is 0 Å². The van der Waals surface area contributed by atoms with Crippen LogP contribution in [-0.2, 0) is 10.2 Å². The van der Waals surface area contributed by atoms with E-state index >= 15 is 0 Å². The first-order valence-electron chi connectivity index (χ1n) is 6.05. The predicted molar refractivity (Wildman–Crippen MR) is 71.1 cm³/mol. The second kappa shape index (κ2) is 4.81. The van der Waals surface area contributed by atoms with E-state index in [1.54, 1.807) is 0 Å². The van der Waals surface area contributed by atoms with Crippen molar-refractivity contribution in [2.24, 2.45) is 5.92 Å². The lowest BCUT2D eigenvalue weighted by molar-refractivity contribution is -0.145. The van der Waals surface area contributed by atoms with Gasteiger partial charge in [-0.25, -0.2) is 0 Å². The second-order valence-electron chi connectivity index (χ2n) is 5.05. The van der Waals surface area contributed by atoms with Gasteiger partial charge in [-0.3, -0.25) is 4.79 Å². The van der Waals surface area contributed by atoms with Crippen molar-refractivity contribution in [2.45, 2.75) is 38.0 Å². The van der Waals surface area contributed by atoms with Crippen molar-refractivity contribution in [3.63, 3.8) is 0 Å². The molecule has 0 aliphatic heterocycles.